The van der Waals surface area contributed by atoms with Crippen molar-refractivity contribution in [2.75, 3.05) is 7.11 Å². The van der Waals surface area contributed by atoms with Gasteiger partial charge in [-0.1, -0.05) is 0 Å². The average Bonchev–Trinajstić information content (AvgIpc) is 2.37. The molecule has 0 aliphatic carbocycles. The molecule has 1 aromatic rings. The number of carbonyl (C=O) groups is 1. The molecule has 0 saturated carbocycles. The highest BCUT2D eigenvalue weighted by atomic mass is 16.6. The zero-order chi connectivity index (χ0) is 13.7. The monoisotopic (exact) mass is 249 g/mol. The van der Waals surface area contributed by atoms with Gasteiger partial charge in [-0.2, -0.15) is 5.26 Å². The van der Waals surface area contributed by atoms with Crippen LogP contribution < -0.4 is 10.1 Å². The fraction of sp³-hybridized carbons (Fsp3) is 0.273. The van der Waals surface area contributed by atoms with Crippen molar-refractivity contribution in [1.29, 1.82) is 5.26 Å². The van der Waals surface area contributed by atoms with Crippen molar-refractivity contribution in [3.05, 3.63) is 33.9 Å². The molecule has 1 aromatic carbocycles. The van der Waals surface area contributed by atoms with Gasteiger partial charge in [-0.05, 0) is 13.0 Å². The SMILES string of the molecule is COc1cc(C(=O)NC(C)C#N)ccc1[N+](=O)[O-]. The van der Waals surface area contributed by atoms with E-state index in [4.69, 9.17) is 10.00 Å². The molecule has 0 spiro atoms. The van der Waals surface area contributed by atoms with Crippen LogP contribution >= 0.6 is 0 Å². The molecule has 0 aliphatic heterocycles. The molecule has 94 valence electrons. The maximum absolute atomic E-state index is 11.7. The van der Waals surface area contributed by atoms with Crippen LogP contribution in [-0.2, 0) is 0 Å². The van der Waals surface area contributed by atoms with E-state index in [1.54, 1.807) is 0 Å². The van der Waals surface area contributed by atoms with Crippen molar-refractivity contribution >= 4 is 11.6 Å². The lowest BCUT2D eigenvalue weighted by atomic mass is 10.1. The summed E-state index contributed by atoms with van der Waals surface area (Å²) in [5.74, 6) is -0.491. The smallest absolute Gasteiger partial charge is 0.310 e. The van der Waals surface area contributed by atoms with Crippen molar-refractivity contribution in [3.8, 4) is 11.8 Å². The van der Waals surface area contributed by atoms with Crippen LogP contribution in [0, 0.1) is 21.4 Å². The molecule has 18 heavy (non-hydrogen) atoms. The van der Waals surface area contributed by atoms with Crippen molar-refractivity contribution in [2.45, 2.75) is 13.0 Å². The van der Waals surface area contributed by atoms with Gasteiger partial charge in [0.1, 0.15) is 6.04 Å². The Morgan fingerprint density at radius 1 is 1.61 bits per heavy atom. The summed E-state index contributed by atoms with van der Waals surface area (Å²) in [5.41, 5.74) is -0.0260. The third kappa shape index (κ3) is 2.95. The standard InChI is InChI=1S/C11H11N3O4/c1-7(6-12)13-11(15)8-3-4-9(14(16)17)10(5-8)18-2/h3-5,7H,1-2H3,(H,13,15). The molecule has 1 unspecified atom stereocenters. The fourth-order valence-corrected chi connectivity index (χ4v) is 1.28. The third-order valence-electron chi connectivity index (χ3n) is 2.18. The minimum atomic E-state index is -0.640. The van der Waals surface area contributed by atoms with Gasteiger partial charge in [0.2, 0.25) is 0 Å². The number of nitriles is 1. The highest BCUT2D eigenvalue weighted by Gasteiger charge is 2.18. The summed E-state index contributed by atoms with van der Waals surface area (Å²) in [6.45, 7) is 1.53. The highest BCUT2D eigenvalue weighted by molar-refractivity contribution is 5.95. The number of nitro groups is 1. The van der Waals surface area contributed by atoms with E-state index in [9.17, 15) is 14.9 Å². The predicted molar refractivity (Wildman–Crippen MR) is 62.2 cm³/mol. The lowest BCUT2D eigenvalue weighted by molar-refractivity contribution is -0.385. The van der Waals surface area contributed by atoms with Crippen LogP contribution in [0.3, 0.4) is 0 Å². The summed E-state index contributed by atoms with van der Waals surface area (Å²) < 4.78 is 4.84. The zero-order valence-corrected chi connectivity index (χ0v) is 9.84. The Hall–Kier alpha value is -2.62. The maximum atomic E-state index is 11.7. The molecule has 7 heteroatoms. The van der Waals surface area contributed by atoms with E-state index in [1.807, 2.05) is 6.07 Å². The zero-order valence-electron chi connectivity index (χ0n) is 9.84. The van der Waals surface area contributed by atoms with E-state index in [0.717, 1.165) is 0 Å². The Morgan fingerprint density at radius 3 is 2.78 bits per heavy atom. The normalized spacial score (nSPS) is 11.2. The predicted octanol–water partition coefficient (Wildman–Crippen LogP) is 1.25. The van der Waals surface area contributed by atoms with Gasteiger partial charge in [-0.3, -0.25) is 14.9 Å². The second kappa shape index (κ2) is 5.63. The first-order valence-corrected chi connectivity index (χ1v) is 5.02. The van der Waals surface area contributed by atoms with E-state index >= 15 is 0 Å². The van der Waals surface area contributed by atoms with Crippen molar-refractivity contribution in [2.24, 2.45) is 0 Å². The van der Waals surface area contributed by atoms with Gasteiger partial charge in [0.05, 0.1) is 18.1 Å². The molecule has 1 amide bonds. The Morgan fingerprint density at radius 2 is 2.28 bits per heavy atom. The Labute approximate surface area is 103 Å². The van der Waals surface area contributed by atoms with Crippen LogP contribution in [0.5, 0.6) is 5.75 Å². The molecule has 0 heterocycles. The Kier molecular flexibility index (Phi) is 4.21. The van der Waals surface area contributed by atoms with Crippen molar-refractivity contribution in [3.63, 3.8) is 0 Å². The molecular formula is C11H11N3O4. The first-order chi connectivity index (χ1) is 8.49. The lowest BCUT2D eigenvalue weighted by Crippen LogP contribution is -2.31. The highest BCUT2D eigenvalue weighted by Crippen LogP contribution is 2.27. The van der Waals surface area contributed by atoms with Gasteiger partial charge >= 0.3 is 5.69 Å². The van der Waals surface area contributed by atoms with Gasteiger partial charge < -0.3 is 10.1 Å². The summed E-state index contributed by atoms with van der Waals surface area (Å²) in [7, 11) is 1.28. The summed E-state index contributed by atoms with van der Waals surface area (Å²) in [6.07, 6.45) is 0. The second-order valence-electron chi connectivity index (χ2n) is 3.47. The van der Waals surface area contributed by atoms with Crippen LogP contribution in [0.2, 0.25) is 0 Å². The first-order valence-electron chi connectivity index (χ1n) is 5.02. The van der Waals surface area contributed by atoms with Gasteiger partial charge in [-0.15, -0.1) is 0 Å². The van der Waals surface area contributed by atoms with Crippen LogP contribution in [0.4, 0.5) is 5.69 Å². The van der Waals surface area contributed by atoms with E-state index < -0.39 is 16.9 Å². The van der Waals surface area contributed by atoms with E-state index in [2.05, 4.69) is 5.32 Å². The summed E-state index contributed by atoms with van der Waals surface area (Å²) in [5, 5.41) is 21.7. The summed E-state index contributed by atoms with van der Waals surface area (Å²) in [6, 6.07) is 4.96. The largest absolute Gasteiger partial charge is 0.490 e. The number of nitrogens with zero attached hydrogens (tertiary/aromatic N) is 2. The molecule has 0 saturated heterocycles. The fourth-order valence-electron chi connectivity index (χ4n) is 1.28. The second-order valence-corrected chi connectivity index (χ2v) is 3.47. The van der Waals surface area contributed by atoms with Gasteiger partial charge in [-0.25, -0.2) is 0 Å². The number of carbonyl (C=O) groups excluding carboxylic acids is 1. The van der Waals surface area contributed by atoms with Crippen LogP contribution in [0.1, 0.15) is 17.3 Å². The lowest BCUT2D eigenvalue weighted by Gasteiger charge is -2.07. The van der Waals surface area contributed by atoms with Crippen molar-refractivity contribution < 1.29 is 14.5 Å². The van der Waals surface area contributed by atoms with Crippen LogP contribution in [0.15, 0.2) is 18.2 Å². The molecule has 0 radical (unpaired) electrons. The Bertz CT molecular complexity index is 522. The van der Waals surface area contributed by atoms with Gasteiger partial charge in [0.15, 0.2) is 5.75 Å². The first kappa shape index (κ1) is 13.4. The molecular weight excluding hydrogens is 238 g/mol. The molecule has 1 rings (SSSR count). The Balaban J connectivity index is 3.03. The number of ether oxygens (including phenoxy) is 1. The number of hydrogen-bond acceptors (Lipinski definition) is 5. The number of amides is 1. The molecule has 0 aliphatic rings. The van der Waals surface area contributed by atoms with Gasteiger partial charge in [0, 0.05) is 17.7 Å². The minimum absolute atomic E-state index is 0.00254. The minimum Gasteiger partial charge on any atom is -0.490 e. The molecule has 1 atom stereocenters. The molecule has 0 bridgehead atoms. The summed E-state index contributed by atoms with van der Waals surface area (Å²) in [4.78, 5) is 21.7. The maximum Gasteiger partial charge on any atom is 0.310 e. The van der Waals surface area contributed by atoms with E-state index in [0.29, 0.717) is 0 Å². The number of hydrogen-bond donors (Lipinski definition) is 1. The quantitative estimate of drug-likeness (QED) is 0.638. The molecule has 0 aromatic heterocycles. The van der Waals surface area contributed by atoms with Crippen molar-refractivity contribution in [1.82, 2.24) is 5.32 Å². The van der Waals surface area contributed by atoms with E-state index in [-0.39, 0.29) is 17.0 Å². The topological polar surface area (TPSA) is 105 Å². The number of rotatable bonds is 4. The van der Waals surface area contributed by atoms with E-state index in [1.165, 1.54) is 32.2 Å². The average molecular weight is 249 g/mol. The third-order valence-corrected chi connectivity index (χ3v) is 2.18. The number of nitrogens with one attached hydrogen (secondary N) is 1. The van der Waals surface area contributed by atoms with Crippen LogP contribution in [0.25, 0.3) is 0 Å². The number of benzene rings is 1. The summed E-state index contributed by atoms with van der Waals surface area (Å²) >= 11 is 0. The number of nitro benzene ring substituents is 1. The molecule has 7 nitrogen and oxygen atoms in total. The number of methoxy groups -OCH3 is 1. The van der Waals surface area contributed by atoms with Crippen LogP contribution in [-0.4, -0.2) is 24.0 Å². The van der Waals surface area contributed by atoms with Gasteiger partial charge in [0.25, 0.3) is 5.91 Å². The molecule has 0 fully saturated rings. The molecule has 1 N–H and O–H groups in total.